The van der Waals surface area contributed by atoms with E-state index >= 15 is 0 Å². The number of nitrogens with one attached hydrogen (secondary N) is 1. The van der Waals surface area contributed by atoms with Gasteiger partial charge in [0.1, 0.15) is 5.82 Å². The molecule has 18 heavy (non-hydrogen) atoms. The van der Waals surface area contributed by atoms with E-state index in [1.54, 1.807) is 13.0 Å². The van der Waals surface area contributed by atoms with Crippen molar-refractivity contribution >= 4 is 5.69 Å². The van der Waals surface area contributed by atoms with Crippen molar-refractivity contribution in [3.05, 3.63) is 29.6 Å². The lowest BCUT2D eigenvalue weighted by Gasteiger charge is -2.52. The van der Waals surface area contributed by atoms with Crippen LogP contribution in [0.4, 0.5) is 10.1 Å². The van der Waals surface area contributed by atoms with Crippen LogP contribution in [0.25, 0.3) is 0 Å². The van der Waals surface area contributed by atoms with Crippen molar-refractivity contribution in [2.75, 3.05) is 11.9 Å². The van der Waals surface area contributed by atoms with Crippen LogP contribution in [-0.4, -0.2) is 18.8 Å². The van der Waals surface area contributed by atoms with E-state index in [4.69, 9.17) is 4.74 Å². The van der Waals surface area contributed by atoms with E-state index in [0.29, 0.717) is 17.7 Å². The number of anilines is 1. The third kappa shape index (κ3) is 2.37. The highest BCUT2D eigenvalue weighted by Crippen LogP contribution is 2.44. The van der Waals surface area contributed by atoms with Crippen LogP contribution < -0.4 is 5.32 Å². The van der Waals surface area contributed by atoms with Gasteiger partial charge in [-0.1, -0.05) is 19.9 Å². The van der Waals surface area contributed by atoms with E-state index in [-0.39, 0.29) is 11.2 Å². The summed E-state index contributed by atoms with van der Waals surface area (Å²) in [6, 6.07) is 5.65. The Morgan fingerprint density at radius 3 is 2.72 bits per heavy atom. The smallest absolute Gasteiger partial charge is 0.128 e. The van der Waals surface area contributed by atoms with Gasteiger partial charge in [-0.25, -0.2) is 4.39 Å². The van der Waals surface area contributed by atoms with Gasteiger partial charge in [0.15, 0.2) is 0 Å². The highest BCUT2D eigenvalue weighted by atomic mass is 19.1. The number of benzene rings is 1. The molecule has 2 nitrogen and oxygen atoms in total. The van der Waals surface area contributed by atoms with E-state index in [2.05, 4.69) is 19.2 Å². The summed E-state index contributed by atoms with van der Waals surface area (Å²) in [6.07, 6.45) is 1.28. The fraction of sp³-hybridized carbons (Fsp3) is 0.600. The van der Waals surface area contributed by atoms with Crippen LogP contribution in [0.5, 0.6) is 0 Å². The quantitative estimate of drug-likeness (QED) is 0.880. The van der Waals surface area contributed by atoms with Crippen LogP contribution in [0.1, 0.15) is 32.8 Å². The van der Waals surface area contributed by atoms with Crippen molar-refractivity contribution in [3.63, 3.8) is 0 Å². The number of hydrogen-bond acceptors (Lipinski definition) is 2. The summed E-state index contributed by atoms with van der Waals surface area (Å²) in [5, 5.41) is 3.41. The second kappa shape index (κ2) is 4.88. The molecule has 1 fully saturated rings. The number of rotatable bonds is 4. The lowest BCUT2D eigenvalue weighted by atomic mass is 9.64. The first-order valence-electron chi connectivity index (χ1n) is 6.59. The molecular weight excluding hydrogens is 229 g/mol. The molecule has 1 N–H and O–H groups in total. The highest BCUT2D eigenvalue weighted by Gasteiger charge is 2.48. The summed E-state index contributed by atoms with van der Waals surface area (Å²) in [7, 11) is 0. The van der Waals surface area contributed by atoms with Gasteiger partial charge in [0.05, 0.1) is 6.10 Å². The average molecular weight is 251 g/mol. The van der Waals surface area contributed by atoms with Gasteiger partial charge in [0.2, 0.25) is 0 Å². The van der Waals surface area contributed by atoms with Crippen molar-refractivity contribution in [1.29, 1.82) is 0 Å². The maximum Gasteiger partial charge on any atom is 0.128 e. The first kappa shape index (κ1) is 13.3. The standard InChI is InChI=1S/C15H22FNO/c1-5-18-14-9-13(15(14,3)4)17-11-7-6-10(2)12(16)8-11/h6-8,13-14,17H,5,9H2,1-4H3. The van der Waals surface area contributed by atoms with Gasteiger partial charge in [-0.15, -0.1) is 0 Å². The van der Waals surface area contributed by atoms with Crippen molar-refractivity contribution in [2.45, 2.75) is 46.3 Å². The minimum absolute atomic E-state index is 0.0946. The number of halogens is 1. The Labute approximate surface area is 109 Å². The molecule has 2 atom stereocenters. The normalized spacial score (nSPS) is 25.6. The van der Waals surface area contributed by atoms with Crippen LogP contribution in [0.2, 0.25) is 0 Å². The maximum atomic E-state index is 13.5. The number of aryl methyl sites for hydroxylation is 1. The zero-order valence-corrected chi connectivity index (χ0v) is 11.6. The Bertz CT molecular complexity index is 431. The Balaban J connectivity index is 2.01. The topological polar surface area (TPSA) is 21.3 Å². The molecule has 0 bridgehead atoms. The van der Waals surface area contributed by atoms with Crippen LogP contribution in [0, 0.1) is 18.2 Å². The average Bonchev–Trinajstić information content (AvgIpc) is 2.32. The van der Waals surface area contributed by atoms with Gasteiger partial charge in [-0.2, -0.15) is 0 Å². The molecule has 0 radical (unpaired) electrons. The van der Waals surface area contributed by atoms with E-state index in [1.807, 2.05) is 19.1 Å². The van der Waals surface area contributed by atoms with Gasteiger partial charge in [0.25, 0.3) is 0 Å². The Morgan fingerprint density at radius 2 is 2.17 bits per heavy atom. The van der Waals surface area contributed by atoms with Crippen LogP contribution >= 0.6 is 0 Å². The summed E-state index contributed by atoms with van der Waals surface area (Å²) in [6.45, 7) is 8.93. The lowest BCUT2D eigenvalue weighted by molar-refractivity contribution is -0.0976. The van der Waals surface area contributed by atoms with Crippen molar-refractivity contribution in [3.8, 4) is 0 Å². The van der Waals surface area contributed by atoms with E-state index < -0.39 is 0 Å². The van der Waals surface area contributed by atoms with E-state index in [9.17, 15) is 4.39 Å². The summed E-state index contributed by atoms with van der Waals surface area (Å²) in [5.41, 5.74) is 1.63. The largest absolute Gasteiger partial charge is 0.381 e. The fourth-order valence-corrected chi connectivity index (χ4v) is 2.50. The Morgan fingerprint density at radius 1 is 1.44 bits per heavy atom. The minimum atomic E-state index is -0.154. The maximum absolute atomic E-state index is 13.5. The van der Waals surface area contributed by atoms with Gasteiger partial charge < -0.3 is 10.1 Å². The molecule has 0 heterocycles. The minimum Gasteiger partial charge on any atom is -0.381 e. The van der Waals surface area contributed by atoms with Crippen LogP contribution in [0.3, 0.4) is 0 Å². The van der Waals surface area contributed by atoms with Crippen molar-refractivity contribution in [2.24, 2.45) is 5.41 Å². The molecule has 100 valence electrons. The Kier molecular flexibility index (Phi) is 3.62. The molecule has 3 heteroatoms. The van der Waals surface area contributed by atoms with Gasteiger partial charge in [0, 0.05) is 23.8 Å². The fourth-order valence-electron chi connectivity index (χ4n) is 2.50. The second-order valence-electron chi connectivity index (χ2n) is 5.66. The molecule has 1 aromatic rings. The molecule has 0 amide bonds. The van der Waals surface area contributed by atoms with Crippen LogP contribution in [-0.2, 0) is 4.74 Å². The number of ether oxygens (including phenoxy) is 1. The molecule has 2 rings (SSSR count). The molecule has 0 aliphatic heterocycles. The first-order valence-corrected chi connectivity index (χ1v) is 6.59. The van der Waals surface area contributed by atoms with Gasteiger partial charge in [-0.3, -0.25) is 0 Å². The Hall–Kier alpha value is -1.09. The second-order valence-corrected chi connectivity index (χ2v) is 5.66. The van der Waals surface area contributed by atoms with Crippen LogP contribution in [0.15, 0.2) is 18.2 Å². The third-order valence-corrected chi connectivity index (χ3v) is 4.06. The zero-order chi connectivity index (χ0) is 13.3. The predicted molar refractivity (Wildman–Crippen MR) is 72.4 cm³/mol. The molecule has 2 unspecified atom stereocenters. The van der Waals surface area contributed by atoms with E-state index in [1.165, 1.54) is 0 Å². The summed E-state index contributed by atoms with van der Waals surface area (Å²) in [5.74, 6) is -0.154. The molecule has 1 saturated carbocycles. The third-order valence-electron chi connectivity index (χ3n) is 4.06. The molecule has 1 aromatic carbocycles. The van der Waals surface area contributed by atoms with Crippen molar-refractivity contribution < 1.29 is 9.13 Å². The van der Waals surface area contributed by atoms with E-state index in [0.717, 1.165) is 18.7 Å². The predicted octanol–water partition coefficient (Wildman–Crippen LogP) is 3.75. The lowest BCUT2D eigenvalue weighted by Crippen LogP contribution is -2.58. The summed E-state index contributed by atoms with van der Waals surface area (Å²) in [4.78, 5) is 0. The van der Waals surface area contributed by atoms with Gasteiger partial charge >= 0.3 is 0 Å². The molecule has 1 aliphatic carbocycles. The summed E-state index contributed by atoms with van der Waals surface area (Å²) >= 11 is 0. The monoisotopic (exact) mass is 251 g/mol. The van der Waals surface area contributed by atoms with Gasteiger partial charge in [-0.05, 0) is 38.0 Å². The highest BCUT2D eigenvalue weighted by molar-refractivity contribution is 5.47. The molecule has 0 aromatic heterocycles. The number of hydrogen-bond donors (Lipinski definition) is 1. The zero-order valence-electron chi connectivity index (χ0n) is 11.6. The molecule has 0 spiro atoms. The SMILES string of the molecule is CCOC1CC(Nc2ccc(C)c(F)c2)C1(C)C. The molecular formula is C15H22FNO. The first-order chi connectivity index (χ1) is 8.45. The molecule has 1 aliphatic rings. The van der Waals surface area contributed by atoms with Crippen molar-refractivity contribution in [1.82, 2.24) is 0 Å². The molecule has 0 saturated heterocycles. The summed E-state index contributed by atoms with van der Waals surface area (Å²) < 4.78 is 19.2.